The molecule has 3 aromatic rings. The van der Waals surface area contributed by atoms with E-state index in [-0.39, 0.29) is 23.5 Å². The molecule has 4 atom stereocenters. The van der Waals surface area contributed by atoms with Crippen LogP contribution < -0.4 is 10.4 Å². The van der Waals surface area contributed by atoms with Crippen molar-refractivity contribution in [1.29, 1.82) is 0 Å². The molecular formula is C32H38ClNO5. The van der Waals surface area contributed by atoms with E-state index in [1.165, 1.54) is 0 Å². The summed E-state index contributed by atoms with van der Waals surface area (Å²) >= 11 is 6.18. The first-order valence-corrected chi connectivity index (χ1v) is 14.6. The molecule has 1 aliphatic heterocycles. The maximum Gasteiger partial charge on any atom is 0.336 e. The van der Waals surface area contributed by atoms with E-state index in [1.807, 2.05) is 48.2 Å². The fourth-order valence-electron chi connectivity index (χ4n) is 6.59. The molecule has 0 radical (unpaired) electrons. The minimum absolute atomic E-state index is 0.0458. The number of rotatable bonds is 7. The fourth-order valence-corrected chi connectivity index (χ4v) is 6.71. The lowest BCUT2D eigenvalue weighted by atomic mass is 9.66. The Morgan fingerprint density at radius 3 is 2.72 bits per heavy atom. The van der Waals surface area contributed by atoms with Crippen molar-refractivity contribution >= 4 is 28.5 Å². The molecule has 39 heavy (non-hydrogen) atoms. The zero-order valence-electron chi connectivity index (χ0n) is 23.0. The Morgan fingerprint density at radius 1 is 1.21 bits per heavy atom. The minimum atomic E-state index is -0.772. The molecule has 0 bridgehead atoms. The molecule has 2 aliphatic rings. The molecule has 1 saturated carbocycles. The molecule has 5 rings (SSSR count). The smallest absolute Gasteiger partial charge is 0.336 e. The Bertz CT molecular complexity index is 1400. The Hall–Kier alpha value is -2.83. The van der Waals surface area contributed by atoms with Crippen molar-refractivity contribution in [3.63, 3.8) is 0 Å². The summed E-state index contributed by atoms with van der Waals surface area (Å²) < 4.78 is 11.9. The first-order valence-electron chi connectivity index (χ1n) is 14.2. The monoisotopic (exact) mass is 551 g/mol. The Labute approximate surface area is 234 Å². The second-order valence-corrected chi connectivity index (χ2v) is 11.7. The number of carbonyl (C=O) groups excluding carboxylic acids is 1. The first kappa shape index (κ1) is 27.7. The number of aryl methyl sites for hydroxylation is 2. The summed E-state index contributed by atoms with van der Waals surface area (Å²) in [5, 5.41) is 13.1. The van der Waals surface area contributed by atoms with Gasteiger partial charge in [0.15, 0.2) is 6.10 Å². The average Bonchev–Trinajstić information content (AvgIpc) is 2.92. The third-order valence-electron chi connectivity index (χ3n) is 8.71. The van der Waals surface area contributed by atoms with Crippen molar-refractivity contribution in [3.05, 3.63) is 74.6 Å². The van der Waals surface area contributed by atoms with Crippen molar-refractivity contribution in [3.8, 4) is 5.75 Å². The van der Waals surface area contributed by atoms with Gasteiger partial charge in [-0.15, -0.1) is 0 Å². The van der Waals surface area contributed by atoms with Gasteiger partial charge in [-0.25, -0.2) is 4.79 Å². The van der Waals surface area contributed by atoms with E-state index in [0.29, 0.717) is 34.9 Å². The number of hydrogen-bond acceptors (Lipinski definition) is 5. The summed E-state index contributed by atoms with van der Waals surface area (Å²) in [5.74, 6) is 0.351. The topological polar surface area (TPSA) is 80.0 Å². The Balaban J connectivity index is 1.43. The van der Waals surface area contributed by atoms with Crippen LogP contribution in [-0.2, 0) is 11.2 Å². The molecule has 1 aromatic heterocycles. The number of carbonyl (C=O) groups is 1. The second kappa shape index (κ2) is 11.3. The van der Waals surface area contributed by atoms with Gasteiger partial charge in [-0.05, 0) is 81.3 Å². The van der Waals surface area contributed by atoms with Crippen molar-refractivity contribution in [2.75, 3.05) is 6.54 Å². The van der Waals surface area contributed by atoms with Gasteiger partial charge in [0.05, 0.1) is 11.6 Å². The van der Waals surface area contributed by atoms with Crippen LogP contribution in [0.15, 0.2) is 51.7 Å². The third-order valence-corrected chi connectivity index (χ3v) is 8.96. The largest absolute Gasteiger partial charge is 0.480 e. The number of fused-ring (bicyclic) bond motifs is 2. The van der Waals surface area contributed by atoms with Crippen LogP contribution in [0, 0.1) is 12.8 Å². The van der Waals surface area contributed by atoms with E-state index in [1.54, 1.807) is 13.0 Å². The van der Waals surface area contributed by atoms with E-state index >= 15 is 0 Å². The van der Waals surface area contributed by atoms with Gasteiger partial charge < -0.3 is 19.2 Å². The molecule has 1 saturated heterocycles. The highest BCUT2D eigenvalue weighted by Crippen LogP contribution is 2.49. The number of ether oxygens (including phenoxy) is 1. The lowest BCUT2D eigenvalue weighted by Gasteiger charge is -2.53. The number of piperidine rings is 1. The standard InChI is InChI=1S/C32H38ClNO5/c1-4-5-8-23-19-28(35)39-30-20(2)27(15-14-25(23)30)38-21(3)31(36)34-18-17-32(37)16-7-6-9-26(32)29(34)22-10-12-24(33)13-11-22/h10-15,19,21,26,29,37H,4-9,16-18H2,1-3H3/t21?,26?,29-,32?/m0/s1. The maximum absolute atomic E-state index is 14.0. The zero-order chi connectivity index (χ0) is 27.7. The molecule has 208 valence electrons. The van der Waals surface area contributed by atoms with E-state index in [0.717, 1.165) is 61.5 Å². The van der Waals surface area contributed by atoms with Crippen LogP contribution in [0.5, 0.6) is 5.75 Å². The molecule has 1 aliphatic carbocycles. The van der Waals surface area contributed by atoms with Crippen LogP contribution in [0.25, 0.3) is 11.0 Å². The number of unbranched alkanes of at least 4 members (excludes halogenated alkanes) is 1. The Morgan fingerprint density at radius 2 is 1.97 bits per heavy atom. The predicted octanol–water partition coefficient (Wildman–Crippen LogP) is 6.76. The first-order chi connectivity index (χ1) is 18.7. The van der Waals surface area contributed by atoms with Crippen LogP contribution in [0.2, 0.25) is 5.02 Å². The quantitative estimate of drug-likeness (QED) is 0.328. The number of aliphatic hydroxyl groups is 1. The number of hydrogen-bond donors (Lipinski definition) is 1. The molecule has 1 N–H and O–H groups in total. The molecule has 1 amide bonds. The van der Waals surface area contributed by atoms with Crippen molar-refractivity contribution in [2.45, 2.75) is 89.9 Å². The molecular weight excluding hydrogens is 514 g/mol. The molecule has 0 spiro atoms. The summed E-state index contributed by atoms with van der Waals surface area (Å²) in [6, 6.07) is 12.7. The molecule has 7 heteroatoms. The predicted molar refractivity (Wildman–Crippen MR) is 153 cm³/mol. The van der Waals surface area contributed by atoms with Crippen LogP contribution in [-0.4, -0.2) is 34.2 Å². The van der Waals surface area contributed by atoms with E-state index in [2.05, 4.69) is 6.92 Å². The van der Waals surface area contributed by atoms with Crippen LogP contribution in [0.4, 0.5) is 0 Å². The zero-order valence-corrected chi connectivity index (χ0v) is 23.8. The van der Waals surface area contributed by atoms with Gasteiger partial charge in [0, 0.05) is 34.5 Å². The van der Waals surface area contributed by atoms with Gasteiger partial charge in [-0.1, -0.05) is 49.9 Å². The average molecular weight is 552 g/mol. The Kier molecular flexibility index (Phi) is 8.06. The highest BCUT2D eigenvalue weighted by atomic mass is 35.5. The third kappa shape index (κ3) is 5.46. The number of likely N-dealkylation sites (tertiary alicyclic amines) is 1. The minimum Gasteiger partial charge on any atom is -0.480 e. The van der Waals surface area contributed by atoms with Crippen LogP contribution in [0.3, 0.4) is 0 Å². The lowest BCUT2D eigenvalue weighted by molar-refractivity contribution is -0.161. The SMILES string of the molecule is CCCCc1cc(=O)oc2c(C)c(OC(C)C(=O)N3CCC4(O)CCCCC4[C@@H]3c3ccc(Cl)cc3)ccc12. The molecule has 2 aromatic carbocycles. The number of nitrogens with zero attached hydrogens (tertiary/aromatic N) is 1. The summed E-state index contributed by atoms with van der Waals surface area (Å²) in [6.07, 6.45) is 6.29. The summed E-state index contributed by atoms with van der Waals surface area (Å²) in [5.41, 5.74) is 2.02. The number of amides is 1. The van der Waals surface area contributed by atoms with E-state index in [9.17, 15) is 14.7 Å². The van der Waals surface area contributed by atoms with Gasteiger partial charge >= 0.3 is 5.63 Å². The molecule has 2 fully saturated rings. The van der Waals surface area contributed by atoms with Crippen molar-refractivity contribution in [2.24, 2.45) is 5.92 Å². The summed E-state index contributed by atoms with van der Waals surface area (Å²) in [7, 11) is 0. The van der Waals surface area contributed by atoms with Crippen LogP contribution >= 0.6 is 11.6 Å². The summed E-state index contributed by atoms with van der Waals surface area (Å²) in [4.78, 5) is 28.1. The maximum atomic E-state index is 14.0. The molecule has 2 heterocycles. The van der Waals surface area contributed by atoms with Gasteiger partial charge in [0.2, 0.25) is 0 Å². The van der Waals surface area contributed by atoms with Gasteiger partial charge in [-0.3, -0.25) is 4.79 Å². The lowest BCUT2D eigenvalue weighted by Crippen LogP contribution is -2.58. The van der Waals surface area contributed by atoms with Crippen molar-refractivity contribution < 1.29 is 19.1 Å². The highest BCUT2D eigenvalue weighted by molar-refractivity contribution is 6.30. The number of benzene rings is 2. The van der Waals surface area contributed by atoms with Gasteiger partial charge in [-0.2, -0.15) is 0 Å². The molecule has 3 unspecified atom stereocenters. The van der Waals surface area contributed by atoms with E-state index < -0.39 is 11.7 Å². The van der Waals surface area contributed by atoms with Crippen LogP contribution in [0.1, 0.15) is 81.5 Å². The second-order valence-electron chi connectivity index (χ2n) is 11.3. The van der Waals surface area contributed by atoms with E-state index in [4.69, 9.17) is 20.8 Å². The number of halogens is 1. The fraction of sp³-hybridized carbons (Fsp3) is 0.500. The van der Waals surface area contributed by atoms with Crippen molar-refractivity contribution in [1.82, 2.24) is 4.90 Å². The van der Waals surface area contributed by atoms with Gasteiger partial charge in [0.1, 0.15) is 11.3 Å². The van der Waals surface area contributed by atoms with Gasteiger partial charge in [0.25, 0.3) is 5.91 Å². The summed E-state index contributed by atoms with van der Waals surface area (Å²) in [6.45, 7) is 6.21. The normalized spacial score (nSPS) is 23.9. The highest BCUT2D eigenvalue weighted by Gasteiger charge is 2.50. The molecule has 6 nitrogen and oxygen atoms in total.